The number of fused-ring (bicyclic) bond motifs is 1. The van der Waals surface area contributed by atoms with Crippen LogP contribution in [0, 0.1) is 0 Å². The minimum Gasteiger partial charge on any atom is -0.493 e. The number of imide groups is 1. The molecule has 2 aliphatic rings. The Balaban J connectivity index is 1.26. The van der Waals surface area contributed by atoms with Crippen LogP contribution in [0.3, 0.4) is 0 Å². The van der Waals surface area contributed by atoms with Crippen LogP contribution in [0.25, 0.3) is 6.08 Å². The third-order valence-corrected chi connectivity index (χ3v) is 9.52. The van der Waals surface area contributed by atoms with Crippen molar-refractivity contribution < 1.29 is 33.4 Å². The Kier molecular flexibility index (Phi) is 9.89. The van der Waals surface area contributed by atoms with Crippen molar-refractivity contribution >= 4 is 73.1 Å². The van der Waals surface area contributed by atoms with Crippen LogP contribution in [-0.4, -0.2) is 48.2 Å². The molecule has 5 rings (SSSR count). The summed E-state index contributed by atoms with van der Waals surface area (Å²) < 4.78 is 17.6. The molecule has 1 aliphatic carbocycles. The minimum atomic E-state index is -0.573. The molecule has 3 aromatic rings. The molecular formula is C31H29BrN2O7S2. The number of methoxy groups -OCH3 is 1. The molecule has 2 aromatic carbocycles. The van der Waals surface area contributed by atoms with Crippen molar-refractivity contribution in [3.63, 3.8) is 0 Å². The summed E-state index contributed by atoms with van der Waals surface area (Å²) in [6, 6.07) is 13.0. The van der Waals surface area contributed by atoms with Gasteiger partial charge in [0.1, 0.15) is 18.2 Å². The number of nitrogens with zero attached hydrogens (tertiary/aromatic N) is 1. The number of nitrogens with one attached hydrogen (secondary N) is 1. The third kappa shape index (κ3) is 7.14. The molecule has 43 heavy (non-hydrogen) atoms. The van der Waals surface area contributed by atoms with Crippen LogP contribution in [0.1, 0.15) is 51.7 Å². The van der Waals surface area contributed by atoms with E-state index in [1.165, 1.54) is 18.4 Å². The average Bonchev–Trinajstić information content (AvgIpc) is 3.48. The number of aryl methyl sites for hydroxylation is 1. The number of hydrogen-bond donors (Lipinski definition) is 1. The zero-order chi connectivity index (χ0) is 30.5. The molecule has 1 fully saturated rings. The molecule has 0 radical (unpaired) electrons. The van der Waals surface area contributed by atoms with Gasteiger partial charge in [-0.1, -0.05) is 34.1 Å². The molecule has 0 saturated carbocycles. The Labute approximate surface area is 265 Å². The summed E-state index contributed by atoms with van der Waals surface area (Å²) in [5.74, 6) is -0.617. The largest absolute Gasteiger partial charge is 0.493 e. The van der Waals surface area contributed by atoms with E-state index in [-0.39, 0.29) is 11.5 Å². The molecule has 1 N–H and O–H groups in total. The van der Waals surface area contributed by atoms with Gasteiger partial charge in [0.05, 0.1) is 24.2 Å². The van der Waals surface area contributed by atoms with Crippen molar-refractivity contribution in [2.24, 2.45) is 0 Å². The second-order valence-electron chi connectivity index (χ2n) is 9.78. The summed E-state index contributed by atoms with van der Waals surface area (Å²) in [4.78, 5) is 53.7. The van der Waals surface area contributed by atoms with E-state index in [4.69, 9.17) is 14.2 Å². The summed E-state index contributed by atoms with van der Waals surface area (Å²) >= 11 is 5.53. The number of benzene rings is 2. The first-order valence-electron chi connectivity index (χ1n) is 13.7. The smallest absolute Gasteiger partial charge is 0.341 e. The zero-order valence-electron chi connectivity index (χ0n) is 23.6. The number of carbonyl (C=O) groups excluding carboxylic acids is 4. The Hall–Kier alpha value is -3.61. The number of amides is 3. The first-order chi connectivity index (χ1) is 20.8. The topological polar surface area (TPSA) is 111 Å². The predicted molar refractivity (Wildman–Crippen MR) is 170 cm³/mol. The molecule has 224 valence electrons. The monoisotopic (exact) mass is 684 g/mol. The SMILES string of the molecule is CCOC(=O)c1c(NC(=O)CN2C(=O)SC(=Cc3ccc(OCc4ccc(Br)cc4)c(OC)c3)C2=O)sc2c1CCCC2. The third-order valence-electron chi connectivity index (χ3n) is 6.87. The summed E-state index contributed by atoms with van der Waals surface area (Å²) in [6.45, 7) is 1.82. The summed E-state index contributed by atoms with van der Waals surface area (Å²) in [6.07, 6.45) is 5.13. The Morgan fingerprint density at radius 2 is 1.84 bits per heavy atom. The molecule has 1 saturated heterocycles. The van der Waals surface area contributed by atoms with Gasteiger partial charge in [-0.15, -0.1) is 11.3 Å². The van der Waals surface area contributed by atoms with Gasteiger partial charge >= 0.3 is 5.97 Å². The molecule has 3 amide bonds. The lowest BCUT2D eigenvalue weighted by Crippen LogP contribution is -2.36. The fourth-order valence-corrected chi connectivity index (χ4v) is 7.20. The maximum absolute atomic E-state index is 13.1. The van der Waals surface area contributed by atoms with Crippen LogP contribution in [0.2, 0.25) is 0 Å². The molecule has 0 bridgehead atoms. The molecule has 1 aromatic heterocycles. The van der Waals surface area contributed by atoms with Crippen LogP contribution in [-0.2, 0) is 33.8 Å². The number of thioether (sulfide) groups is 1. The zero-order valence-corrected chi connectivity index (χ0v) is 26.8. The number of anilines is 1. The van der Waals surface area contributed by atoms with Crippen LogP contribution >= 0.6 is 39.0 Å². The van der Waals surface area contributed by atoms with Crippen molar-refractivity contribution in [1.29, 1.82) is 0 Å². The number of esters is 1. The van der Waals surface area contributed by atoms with Gasteiger partial charge in [-0.2, -0.15) is 0 Å². The Bertz CT molecular complexity index is 1600. The maximum Gasteiger partial charge on any atom is 0.341 e. The second kappa shape index (κ2) is 13.8. The van der Waals surface area contributed by atoms with E-state index in [0.717, 1.165) is 62.8 Å². The fourth-order valence-electron chi connectivity index (χ4n) is 4.81. The van der Waals surface area contributed by atoms with Crippen molar-refractivity contribution in [2.45, 2.75) is 39.2 Å². The molecule has 0 unspecified atom stereocenters. The standard InChI is InChI=1S/C31H29BrN2O7S2/c1-3-40-30(37)27-21-6-4-5-7-24(21)42-28(27)33-26(35)16-34-29(36)25(43-31(34)38)15-19-10-13-22(23(14-19)39-2)41-17-18-8-11-20(32)12-9-18/h8-15H,3-7,16-17H2,1-2H3,(H,33,35). The highest BCUT2D eigenvalue weighted by Gasteiger charge is 2.37. The van der Waals surface area contributed by atoms with E-state index in [2.05, 4.69) is 21.2 Å². The molecule has 12 heteroatoms. The molecule has 2 heterocycles. The lowest BCUT2D eigenvalue weighted by molar-refractivity contribution is -0.127. The van der Waals surface area contributed by atoms with Crippen molar-refractivity contribution in [3.05, 3.63) is 79.0 Å². The van der Waals surface area contributed by atoms with Crippen molar-refractivity contribution in [2.75, 3.05) is 25.6 Å². The van der Waals surface area contributed by atoms with E-state index < -0.39 is 29.6 Å². The number of hydrogen-bond acceptors (Lipinski definition) is 9. The lowest BCUT2D eigenvalue weighted by atomic mass is 9.95. The van der Waals surface area contributed by atoms with Crippen molar-refractivity contribution in [1.82, 2.24) is 4.90 Å². The first kappa shape index (κ1) is 30.8. The van der Waals surface area contributed by atoms with Gasteiger partial charge in [-0.05, 0) is 91.4 Å². The Morgan fingerprint density at radius 3 is 2.58 bits per heavy atom. The maximum atomic E-state index is 13.1. The van der Waals surface area contributed by atoms with E-state index in [1.54, 1.807) is 31.2 Å². The fraction of sp³-hybridized carbons (Fsp3) is 0.290. The molecule has 0 spiro atoms. The van der Waals surface area contributed by atoms with Gasteiger partial charge in [0.25, 0.3) is 11.1 Å². The molecule has 0 atom stereocenters. The molecule has 9 nitrogen and oxygen atoms in total. The second-order valence-corrected chi connectivity index (χ2v) is 12.8. The number of rotatable bonds is 10. The highest BCUT2D eigenvalue weighted by Crippen LogP contribution is 2.39. The summed E-state index contributed by atoms with van der Waals surface area (Å²) in [5, 5.41) is 2.60. The molecule has 1 aliphatic heterocycles. The number of carbonyl (C=O) groups is 4. The van der Waals surface area contributed by atoms with Crippen molar-refractivity contribution in [3.8, 4) is 11.5 Å². The van der Waals surface area contributed by atoms with Crippen LogP contribution in [0.5, 0.6) is 11.5 Å². The molecular weight excluding hydrogens is 656 g/mol. The normalized spacial score (nSPS) is 15.4. The van der Waals surface area contributed by atoms with E-state index in [1.807, 2.05) is 24.3 Å². The number of halogens is 1. The first-order valence-corrected chi connectivity index (χ1v) is 16.1. The minimum absolute atomic E-state index is 0.183. The quantitative estimate of drug-likeness (QED) is 0.183. The number of ether oxygens (including phenoxy) is 3. The van der Waals surface area contributed by atoms with Gasteiger partial charge in [0, 0.05) is 9.35 Å². The average molecular weight is 686 g/mol. The van der Waals surface area contributed by atoms with Gasteiger partial charge in [-0.3, -0.25) is 19.3 Å². The summed E-state index contributed by atoms with van der Waals surface area (Å²) in [5.41, 5.74) is 2.91. The van der Waals surface area contributed by atoms with Gasteiger partial charge in [0.15, 0.2) is 11.5 Å². The van der Waals surface area contributed by atoms with Crippen LogP contribution in [0.4, 0.5) is 9.80 Å². The van der Waals surface area contributed by atoms with Gasteiger partial charge in [0.2, 0.25) is 5.91 Å². The predicted octanol–water partition coefficient (Wildman–Crippen LogP) is 6.83. The van der Waals surface area contributed by atoms with E-state index in [9.17, 15) is 19.2 Å². The van der Waals surface area contributed by atoms with Crippen LogP contribution < -0.4 is 14.8 Å². The Morgan fingerprint density at radius 1 is 1.07 bits per heavy atom. The lowest BCUT2D eigenvalue weighted by Gasteiger charge is -2.13. The highest BCUT2D eigenvalue weighted by atomic mass is 79.9. The number of thiophene rings is 1. The van der Waals surface area contributed by atoms with E-state index >= 15 is 0 Å². The summed E-state index contributed by atoms with van der Waals surface area (Å²) in [7, 11) is 1.52. The van der Waals surface area contributed by atoms with E-state index in [0.29, 0.717) is 34.2 Å². The van der Waals surface area contributed by atoms with Crippen LogP contribution in [0.15, 0.2) is 51.8 Å². The van der Waals surface area contributed by atoms with Gasteiger partial charge in [-0.25, -0.2) is 4.79 Å². The van der Waals surface area contributed by atoms with Gasteiger partial charge < -0.3 is 19.5 Å². The highest BCUT2D eigenvalue weighted by molar-refractivity contribution is 9.10.